The molecule has 0 atom stereocenters. The number of nitrogens with one attached hydrogen (secondary N) is 2. The molecule has 0 aliphatic carbocycles. The van der Waals surface area contributed by atoms with Crippen molar-refractivity contribution >= 4 is 32.6 Å². The van der Waals surface area contributed by atoms with Gasteiger partial charge in [0.15, 0.2) is 11.3 Å². The van der Waals surface area contributed by atoms with Crippen molar-refractivity contribution < 1.29 is 22.4 Å². The van der Waals surface area contributed by atoms with Gasteiger partial charge in [-0.3, -0.25) is 14.6 Å². The third-order valence-electron chi connectivity index (χ3n) is 4.87. The number of amides is 2. The molecular weight excluding hydrogens is 430 g/mol. The fourth-order valence-corrected chi connectivity index (χ4v) is 4.44. The number of nitrogens with zero attached hydrogens (tertiary/aromatic N) is 1. The highest BCUT2D eigenvalue weighted by Crippen LogP contribution is 2.22. The summed E-state index contributed by atoms with van der Waals surface area (Å²) in [6, 6.07) is 15.4. The van der Waals surface area contributed by atoms with Crippen LogP contribution in [0.3, 0.4) is 0 Å². The number of hydrogen-bond donors (Lipinski definition) is 2. The summed E-state index contributed by atoms with van der Waals surface area (Å²) < 4.78 is 31.3. The van der Waals surface area contributed by atoms with Crippen LogP contribution in [0.15, 0.2) is 87.3 Å². The maximum atomic E-state index is 12.9. The van der Waals surface area contributed by atoms with E-state index in [0.29, 0.717) is 11.1 Å². The number of hydrogen-bond acceptors (Lipinski definition) is 6. The van der Waals surface area contributed by atoms with Gasteiger partial charge in [-0.25, -0.2) is 8.42 Å². The molecule has 32 heavy (non-hydrogen) atoms. The fraction of sp³-hybridized carbons (Fsp3) is 0.0870. The van der Waals surface area contributed by atoms with Crippen molar-refractivity contribution in [1.82, 2.24) is 15.6 Å². The molecule has 0 radical (unpaired) electrons. The Hall–Kier alpha value is -3.98. The van der Waals surface area contributed by atoms with E-state index in [-0.39, 0.29) is 39.5 Å². The lowest BCUT2D eigenvalue weighted by atomic mass is 10.2. The largest absolute Gasteiger partial charge is 0.449 e. The number of benzene rings is 2. The third kappa shape index (κ3) is 4.23. The second-order valence-corrected chi connectivity index (χ2v) is 8.91. The Kier molecular flexibility index (Phi) is 5.74. The number of carbonyl (C=O) groups is 2. The van der Waals surface area contributed by atoms with E-state index in [1.807, 2.05) is 0 Å². The Labute approximate surface area is 184 Å². The predicted octanol–water partition coefficient (Wildman–Crippen LogP) is 2.95. The highest BCUT2D eigenvalue weighted by atomic mass is 32.2. The average molecular weight is 449 g/mol. The van der Waals surface area contributed by atoms with Crippen LogP contribution < -0.4 is 10.6 Å². The number of carbonyl (C=O) groups excluding carboxylic acids is 2. The summed E-state index contributed by atoms with van der Waals surface area (Å²) >= 11 is 0. The van der Waals surface area contributed by atoms with E-state index in [2.05, 4.69) is 15.6 Å². The lowest BCUT2D eigenvalue weighted by molar-refractivity contribution is 0.0924. The van der Waals surface area contributed by atoms with E-state index in [9.17, 15) is 18.0 Å². The van der Waals surface area contributed by atoms with Crippen LogP contribution in [0, 0.1) is 0 Å². The minimum Gasteiger partial charge on any atom is -0.449 e. The molecule has 0 aliphatic heterocycles. The van der Waals surface area contributed by atoms with Gasteiger partial charge >= 0.3 is 0 Å². The summed E-state index contributed by atoms with van der Waals surface area (Å²) in [5.41, 5.74) is 1.50. The van der Waals surface area contributed by atoms with Gasteiger partial charge in [0.05, 0.1) is 16.0 Å². The molecule has 0 fully saturated rings. The van der Waals surface area contributed by atoms with Crippen LogP contribution in [0.1, 0.15) is 26.5 Å². The Morgan fingerprint density at radius 3 is 2.47 bits per heavy atom. The van der Waals surface area contributed by atoms with Crippen molar-refractivity contribution in [1.29, 1.82) is 0 Å². The number of rotatable bonds is 6. The number of aromatic nitrogens is 1. The summed E-state index contributed by atoms with van der Waals surface area (Å²) in [4.78, 5) is 28.2. The molecule has 4 aromatic rings. The third-order valence-corrected chi connectivity index (χ3v) is 6.63. The van der Waals surface area contributed by atoms with Gasteiger partial charge in [0, 0.05) is 30.7 Å². The van der Waals surface area contributed by atoms with Crippen molar-refractivity contribution in [3.05, 3.63) is 89.9 Å². The van der Waals surface area contributed by atoms with Crippen LogP contribution >= 0.6 is 0 Å². The lowest BCUT2D eigenvalue weighted by Gasteiger charge is -2.08. The first-order valence-electron chi connectivity index (χ1n) is 9.66. The van der Waals surface area contributed by atoms with Gasteiger partial charge in [-0.05, 0) is 48.0 Å². The summed E-state index contributed by atoms with van der Waals surface area (Å²) in [5, 5.41) is 5.99. The number of fused-ring (bicyclic) bond motifs is 1. The van der Waals surface area contributed by atoms with Crippen LogP contribution in [-0.4, -0.2) is 32.3 Å². The van der Waals surface area contributed by atoms with E-state index in [4.69, 9.17) is 4.42 Å². The molecule has 162 valence electrons. The van der Waals surface area contributed by atoms with Gasteiger partial charge in [0.2, 0.25) is 9.84 Å². The molecule has 8 nitrogen and oxygen atoms in total. The van der Waals surface area contributed by atoms with Crippen LogP contribution in [0.5, 0.6) is 0 Å². The SMILES string of the molecule is CNC(=O)c1cccc(S(=O)(=O)c2ccc(CNC(=O)c3cc4ccncc4o3)cc2)c1. The van der Waals surface area contributed by atoms with Gasteiger partial charge in [0.1, 0.15) is 0 Å². The molecule has 2 aromatic heterocycles. The van der Waals surface area contributed by atoms with Gasteiger partial charge in [-0.2, -0.15) is 0 Å². The molecule has 0 saturated heterocycles. The van der Waals surface area contributed by atoms with Crippen LogP contribution in [0.4, 0.5) is 0 Å². The maximum Gasteiger partial charge on any atom is 0.287 e. The summed E-state index contributed by atoms with van der Waals surface area (Å²) in [5.74, 6) is -0.582. The van der Waals surface area contributed by atoms with E-state index in [1.165, 1.54) is 43.6 Å². The first-order valence-corrected chi connectivity index (χ1v) is 11.1. The molecule has 0 bridgehead atoms. The van der Waals surface area contributed by atoms with E-state index < -0.39 is 9.84 Å². The number of pyridine rings is 1. The molecule has 0 unspecified atom stereocenters. The van der Waals surface area contributed by atoms with Crippen molar-refractivity contribution in [2.45, 2.75) is 16.3 Å². The molecule has 2 amide bonds. The van der Waals surface area contributed by atoms with Crippen LogP contribution in [0.25, 0.3) is 11.0 Å². The van der Waals surface area contributed by atoms with Crippen LogP contribution in [0.2, 0.25) is 0 Å². The Bertz CT molecular complexity index is 1380. The molecule has 2 heterocycles. The zero-order valence-electron chi connectivity index (χ0n) is 17.0. The van der Waals surface area contributed by atoms with Gasteiger partial charge in [0.25, 0.3) is 11.8 Å². The second kappa shape index (κ2) is 8.64. The molecule has 0 aliphatic rings. The number of sulfone groups is 1. The molecular formula is C23H19N3O5S. The van der Waals surface area contributed by atoms with Gasteiger partial charge < -0.3 is 15.1 Å². The quantitative estimate of drug-likeness (QED) is 0.467. The van der Waals surface area contributed by atoms with E-state index >= 15 is 0 Å². The molecule has 2 aromatic carbocycles. The number of furan rings is 1. The Balaban J connectivity index is 1.46. The molecule has 0 spiro atoms. The van der Waals surface area contributed by atoms with Crippen molar-refractivity contribution in [3.8, 4) is 0 Å². The monoisotopic (exact) mass is 449 g/mol. The Morgan fingerprint density at radius 2 is 1.75 bits per heavy atom. The molecule has 0 saturated carbocycles. The van der Waals surface area contributed by atoms with Crippen molar-refractivity contribution in [2.24, 2.45) is 0 Å². The summed E-state index contributed by atoms with van der Waals surface area (Å²) in [6.07, 6.45) is 3.15. The molecule has 4 rings (SSSR count). The zero-order chi connectivity index (χ0) is 22.7. The lowest BCUT2D eigenvalue weighted by Crippen LogP contribution is -2.22. The highest BCUT2D eigenvalue weighted by Gasteiger charge is 2.19. The van der Waals surface area contributed by atoms with Crippen molar-refractivity contribution in [3.63, 3.8) is 0 Å². The second-order valence-electron chi connectivity index (χ2n) is 6.96. The smallest absolute Gasteiger partial charge is 0.287 e. The van der Waals surface area contributed by atoms with Crippen molar-refractivity contribution in [2.75, 3.05) is 7.05 Å². The summed E-state index contributed by atoms with van der Waals surface area (Å²) in [6.45, 7) is 0.195. The van der Waals surface area contributed by atoms with E-state index in [0.717, 1.165) is 5.39 Å². The predicted molar refractivity (Wildman–Crippen MR) is 117 cm³/mol. The van der Waals surface area contributed by atoms with E-state index in [1.54, 1.807) is 36.5 Å². The normalized spacial score (nSPS) is 11.3. The Morgan fingerprint density at radius 1 is 0.969 bits per heavy atom. The van der Waals surface area contributed by atoms with Gasteiger partial charge in [-0.1, -0.05) is 18.2 Å². The highest BCUT2D eigenvalue weighted by molar-refractivity contribution is 7.91. The maximum absolute atomic E-state index is 12.9. The molecule has 9 heteroatoms. The minimum atomic E-state index is -3.80. The summed E-state index contributed by atoms with van der Waals surface area (Å²) in [7, 11) is -2.32. The first-order chi connectivity index (χ1) is 15.4. The molecule has 2 N–H and O–H groups in total. The van der Waals surface area contributed by atoms with Gasteiger partial charge in [-0.15, -0.1) is 0 Å². The average Bonchev–Trinajstić information content (AvgIpc) is 3.27. The topological polar surface area (TPSA) is 118 Å². The fourth-order valence-electron chi connectivity index (χ4n) is 3.14. The first kappa shape index (κ1) is 21.3. The standard InChI is InChI=1S/C23H19N3O5S/c1-24-22(27)17-3-2-4-19(11-17)32(29,30)18-7-5-15(6-8-18)13-26-23(28)20-12-16-9-10-25-14-21(16)31-20/h2-12,14H,13H2,1H3,(H,24,27)(H,26,28). The minimum absolute atomic E-state index is 0.0269. The zero-order valence-corrected chi connectivity index (χ0v) is 17.8. The van der Waals surface area contributed by atoms with Crippen LogP contribution in [-0.2, 0) is 16.4 Å².